The molecule has 128 valence electrons. The van der Waals surface area contributed by atoms with Gasteiger partial charge in [-0.25, -0.2) is 18.0 Å². The van der Waals surface area contributed by atoms with Crippen molar-refractivity contribution in [2.75, 3.05) is 6.54 Å². The summed E-state index contributed by atoms with van der Waals surface area (Å²) in [5.74, 6) is -4.21. The Labute approximate surface area is 132 Å². The van der Waals surface area contributed by atoms with Gasteiger partial charge in [-0.2, -0.15) is 0 Å². The minimum absolute atomic E-state index is 0.258. The third-order valence-electron chi connectivity index (χ3n) is 2.79. The number of rotatable bonds is 5. The number of hydrogen-bond donors (Lipinski definition) is 2. The Morgan fingerprint density at radius 1 is 1.17 bits per heavy atom. The third kappa shape index (κ3) is 5.90. The van der Waals surface area contributed by atoms with E-state index in [0.717, 1.165) is 0 Å². The Bertz CT molecular complexity index is 600. The number of carbonyl (C=O) groups excluding carboxylic acids is 2. The maximum atomic E-state index is 13.7. The molecule has 1 rings (SSSR count). The van der Waals surface area contributed by atoms with Gasteiger partial charge in [-0.1, -0.05) is 0 Å². The number of Topliss-reactive ketones (excluding diaryl/α,β-unsaturated/α-hetero) is 1. The average molecular weight is 332 g/mol. The van der Waals surface area contributed by atoms with Crippen molar-refractivity contribution in [3.63, 3.8) is 0 Å². The highest BCUT2D eigenvalue weighted by atomic mass is 19.2. The van der Waals surface area contributed by atoms with E-state index in [4.69, 9.17) is 10.5 Å². The molecule has 0 aliphatic heterocycles. The monoisotopic (exact) mass is 332 g/mol. The zero-order valence-electron chi connectivity index (χ0n) is 13.1. The van der Waals surface area contributed by atoms with Crippen LogP contribution in [0.4, 0.5) is 18.0 Å². The molecule has 1 amide bonds. The van der Waals surface area contributed by atoms with Gasteiger partial charge in [0.05, 0.1) is 12.6 Å². The maximum absolute atomic E-state index is 13.7. The number of benzene rings is 1. The summed E-state index contributed by atoms with van der Waals surface area (Å²) in [5, 5.41) is 2.26. The average Bonchev–Trinajstić information content (AvgIpc) is 2.40. The number of alkyl carbamates (subject to hydrolysis) is 1. The number of nitrogens with two attached hydrogens (primary N) is 1. The van der Waals surface area contributed by atoms with Crippen molar-refractivity contribution in [2.24, 2.45) is 5.73 Å². The van der Waals surface area contributed by atoms with Crippen molar-refractivity contribution in [3.8, 4) is 0 Å². The smallest absolute Gasteiger partial charge is 0.408 e. The largest absolute Gasteiger partial charge is 0.444 e. The summed E-state index contributed by atoms with van der Waals surface area (Å²) in [6.07, 6.45) is -1.27. The predicted molar refractivity (Wildman–Crippen MR) is 77.2 cm³/mol. The van der Waals surface area contributed by atoms with Gasteiger partial charge in [0.25, 0.3) is 0 Å². The Hall–Kier alpha value is -2.09. The van der Waals surface area contributed by atoms with Crippen LogP contribution >= 0.6 is 0 Å². The lowest BCUT2D eigenvalue weighted by molar-refractivity contribution is -0.119. The van der Waals surface area contributed by atoms with Gasteiger partial charge >= 0.3 is 6.09 Å². The van der Waals surface area contributed by atoms with Gasteiger partial charge in [0.15, 0.2) is 17.4 Å². The van der Waals surface area contributed by atoms with Gasteiger partial charge in [-0.3, -0.25) is 4.79 Å². The fourth-order valence-corrected chi connectivity index (χ4v) is 1.78. The van der Waals surface area contributed by atoms with Crippen LogP contribution in [0.1, 0.15) is 26.3 Å². The lowest BCUT2D eigenvalue weighted by Crippen LogP contribution is -2.46. The summed E-state index contributed by atoms with van der Waals surface area (Å²) in [4.78, 5) is 23.5. The molecule has 0 aromatic heterocycles. The molecule has 23 heavy (non-hydrogen) atoms. The Kier molecular flexibility index (Phi) is 6.14. The molecule has 3 N–H and O–H groups in total. The van der Waals surface area contributed by atoms with E-state index in [0.29, 0.717) is 12.1 Å². The zero-order chi connectivity index (χ0) is 17.8. The van der Waals surface area contributed by atoms with E-state index in [1.54, 1.807) is 20.8 Å². The fraction of sp³-hybridized carbons (Fsp3) is 0.467. The van der Waals surface area contributed by atoms with E-state index in [1.165, 1.54) is 0 Å². The molecule has 1 aromatic rings. The van der Waals surface area contributed by atoms with E-state index >= 15 is 0 Å². The van der Waals surface area contributed by atoms with E-state index < -0.39 is 47.5 Å². The van der Waals surface area contributed by atoms with Crippen LogP contribution in [-0.2, 0) is 16.0 Å². The fourth-order valence-electron chi connectivity index (χ4n) is 1.78. The number of nitrogens with one attached hydrogen (secondary N) is 1. The summed E-state index contributed by atoms with van der Waals surface area (Å²) in [6.45, 7) is 4.47. The van der Waals surface area contributed by atoms with Crippen LogP contribution in [0.15, 0.2) is 12.1 Å². The van der Waals surface area contributed by atoms with Gasteiger partial charge in [0.2, 0.25) is 0 Å². The molecule has 0 bridgehead atoms. The van der Waals surface area contributed by atoms with Crippen LogP contribution in [0.2, 0.25) is 0 Å². The highest BCUT2D eigenvalue weighted by Gasteiger charge is 2.25. The van der Waals surface area contributed by atoms with Crippen molar-refractivity contribution in [1.29, 1.82) is 0 Å². The van der Waals surface area contributed by atoms with Gasteiger partial charge in [-0.05, 0) is 32.4 Å². The van der Waals surface area contributed by atoms with E-state index in [9.17, 15) is 22.8 Å². The quantitative estimate of drug-likeness (QED) is 0.809. The second-order valence-electron chi connectivity index (χ2n) is 5.93. The second-order valence-corrected chi connectivity index (χ2v) is 5.93. The zero-order valence-corrected chi connectivity index (χ0v) is 13.1. The molecule has 0 aliphatic rings. The maximum Gasteiger partial charge on any atom is 0.408 e. The summed E-state index contributed by atoms with van der Waals surface area (Å²) in [5.41, 5.74) is 4.20. The molecule has 0 spiro atoms. The SMILES string of the molecule is CC(C)(C)OC(=O)NC(Cc1cc(F)c(F)cc1F)C(=O)CN. The van der Waals surface area contributed by atoms with Gasteiger partial charge < -0.3 is 15.8 Å². The first-order valence-electron chi connectivity index (χ1n) is 6.89. The molecule has 0 saturated heterocycles. The summed E-state index contributed by atoms with van der Waals surface area (Å²) in [7, 11) is 0. The van der Waals surface area contributed by atoms with Crippen molar-refractivity contribution >= 4 is 11.9 Å². The van der Waals surface area contributed by atoms with Crippen LogP contribution < -0.4 is 11.1 Å². The molecule has 5 nitrogen and oxygen atoms in total. The van der Waals surface area contributed by atoms with Crippen LogP contribution in [-0.4, -0.2) is 30.1 Å². The number of carbonyl (C=O) groups is 2. The molecule has 1 unspecified atom stereocenters. The number of ketones is 1. The Balaban J connectivity index is 2.94. The number of amides is 1. The summed E-state index contributed by atoms with van der Waals surface area (Å²) < 4.78 is 44.8. The summed E-state index contributed by atoms with van der Waals surface area (Å²) in [6, 6.07) is -0.199. The number of halogens is 3. The third-order valence-corrected chi connectivity index (χ3v) is 2.79. The first-order valence-corrected chi connectivity index (χ1v) is 6.89. The lowest BCUT2D eigenvalue weighted by atomic mass is 10.0. The van der Waals surface area contributed by atoms with Crippen molar-refractivity contribution in [3.05, 3.63) is 35.1 Å². The molecular weight excluding hydrogens is 313 g/mol. The van der Waals surface area contributed by atoms with Crippen LogP contribution in [0.3, 0.4) is 0 Å². The van der Waals surface area contributed by atoms with Gasteiger partial charge in [0, 0.05) is 12.5 Å². The van der Waals surface area contributed by atoms with E-state index in [1.807, 2.05) is 0 Å². The van der Waals surface area contributed by atoms with Crippen LogP contribution in [0.5, 0.6) is 0 Å². The number of ether oxygens (including phenoxy) is 1. The van der Waals surface area contributed by atoms with Gasteiger partial charge in [0.1, 0.15) is 11.4 Å². The van der Waals surface area contributed by atoms with Crippen LogP contribution in [0.25, 0.3) is 0 Å². The van der Waals surface area contributed by atoms with Crippen molar-refractivity contribution < 1.29 is 27.5 Å². The minimum atomic E-state index is -1.34. The normalized spacial score (nSPS) is 12.7. The highest BCUT2D eigenvalue weighted by molar-refractivity contribution is 5.89. The standard InChI is InChI=1S/C15H19F3N2O3/c1-15(2,3)23-14(22)20-12(13(21)7-19)5-8-4-10(17)11(18)6-9(8)16/h4,6,12H,5,7,19H2,1-3H3,(H,20,22). The number of hydrogen-bond acceptors (Lipinski definition) is 4. The molecule has 0 aliphatic carbocycles. The van der Waals surface area contributed by atoms with Crippen molar-refractivity contribution in [1.82, 2.24) is 5.32 Å². The lowest BCUT2D eigenvalue weighted by Gasteiger charge is -2.23. The van der Waals surface area contributed by atoms with Gasteiger partial charge in [-0.15, -0.1) is 0 Å². The minimum Gasteiger partial charge on any atom is -0.444 e. The topological polar surface area (TPSA) is 81.4 Å². The molecular formula is C15H19F3N2O3. The second kappa shape index (κ2) is 7.45. The molecule has 1 aromatic carbocycles. The van der Waals surface area contributed by atoms with E-state index in [2.05, 4.69) is 5.32 Å². The Morgan fingerprint density at radius 2 is 1.74 bits per heavy atom. The first-order chi connectivity index (χ1) is 10.5. The molecule has 8 heteroatoms. The molecule has 0 radical (unpaired) electrons. The Morgan fingerprint density at radius 3 is 2.26 bits per heavy atom. The molecule has 0 saturated carbocycles. The highest BCUT2D eigenvalue weighted by Crippen LogP contribution is 2.16. The molecule has 0 fully saturated rings. The first kappa shape index (κ1) is 19.0. The molecule has 1 atom stereocenters. The van der Waals surface area contributed by atoms with E-state index in [-0.39, 0.29) is 12.0 Å². The molecule has 0 heterocycles. The summed E-state index contributed by atoms with van der Waals surface area (Å²) >= 11 is 0. The predicted octanol–water partition coefficient (Wildman–Crippen LogP) is 2.07. The van der Waals surface area contributed by atoms with Crippen LogP contribution in [0, 0.1) is 17.5 Å². The van der Waals surface area contributed by atoms with Crippen molar-refractivity contribution in [2.45, 2.75) is 38.8 Å².